The van der Waals surface area contributed by atoms with E-state index in [4.69, 9.17) is 13.9 Å². The Balaban J connectivity index is 1.29. The van der Waals surface area contributed by atoms with Gasteiger partial charge in [-0.3, -0.25) is 4.79 Å². The summed E-state index contributed by atoms with van der Waals surface area (Å²) in [7, 11) is 1.54. The monoisotopic (exact) mass is 447 g/mol. The first kappa shape index (κ1) is 21.2. The average Bonchev–Trinajstić information content (AvgIpc) is 3.44. The molecule has 0 unspecified atom stereocenters. The number of nitrogens with one attached hydrogen (secondary N) is 1. The smallest absolute Gasteiger partial charge is 0.471 e. The van der Waals surface area contributed by atoms with Crippen LogP contribution in [0.3, 0.4) is 0 Å². The van der Waals surface area contributed by atoms with Gasteiger partial charge in [0.2, 0.25) is 5.82 Å². The van der Waals surface area contributed by atoms with Crippen LogP contribution in [0.15, 0.2) is 57.5 Å². The molecule has 2 aromatic heterocycles. The predicted octanol–water partition coefficient (Wildman–Crippen LogP) is 4.32. The van der Waals surface area contributed by atoms with E-state index in [1.807, 2.05) is 0 Å². The van der Waals surface area contributed by atoms with Crippen molar-refractivity contribution in [3.8, 4) is 22.9 Å². The molecule has 8 nitrogen and oxygen atoms in total. The number of halogens is 3. The largest absolute Gasteiger partial charge is 0.496 e. The summed E-state index contributed by atoms with van der Waals surface area (Å²) in [6.45, 7) is 0.365. The summed E-state index contributed by atoms with van der Waals surface area (Å²) >= 11 is 0. The maximum Gasteiger partial charge on any atom is 0.471 e. The number of benzene rings is 2. The molecule has 0 saturated heterocycles. The molecule has 4 aromatic rings. The van der Waals surface area contributed by atoms with Crippen LogP contribution in [0.1, 0.15) is 16.4 Å². The Morgan fingerprint density at radius 3 is 2.62 bits per heavy atom. The highest BCUT2D eigenvalue weighted by molar-refractivity contribution is 5.97. The van der Waals surface area contributed by atoms with Gasteiger partial charge in [-0.15, -0.1) is 0 Å². The van der Waals surface area contributed by atoms with Crippen LogP contribution in [0.25, 0.3) is 22.4 Å². The number of ether oxygens (including phenoxy) is 2. The number of methoxy groups -OCH3 is 1. The minimum atomic E-state index is -4.70. The van der Waals surface area contributed by atoms with Crippen molar-refractivity contribution in [1.82, 2.24) is 15.5 Å². The molecule has 2 heterocycles. The third-order valence-corrected chi connectivity index (χ3v) is 4.40. The number of fused-ring (bicyclic) bond motifs is 1. The summed E-state index contributed by atoms with van der Waals surface area (Å²) in [4.78, 5) is 15.6. The van der Waals surface area contributed by atoms with Crippen molar-refractivity contribution in [2.45, 2.75) is 6.18 Å². The van der Waals surface area contributed by atoms with Crippen molar-refractivity contribution in [3.63, 3.8) is 0 Å². The van der Waals surface area contributed by atoms with Crippen LogP contribution in [0, 0.1) is 0 Å². The number of carbonyl (C=O) groups is 1. The lowest BCUT2D eigenvalue weighted by Crippen LogP contribution is -2.27. The normalized spacial score (nSPS) is 11.5. The fourth-order valence-corrected chi connectivity index (χ4v) is 2.90. The van der Waals surface area contributed by atoms with Gasteiger partial charge in [-0.2, -0.15) is 18.2 Å². The number of amides is 1. The van der Waals surface area contributed by atoms with Crippen LogP contribution in [0.5, 0.6) is 11.5 Å². The molecule has 0 atom stereocenters. The first-order chi connectivity index (χ1) is 15.3. The molecule has 2 aromatic carbocycles. The maximum absolute atomic E-state index is 12.5. The van der Waals surface area contributed by atoms with Gasteiger partial charge in [-0.1, -0.05) is 11.2 Å². The number of hydrogen-bond donors (Lipinski definition) is 1. The molecule has 0 saturated carbocycles. The lowest BCUT2D eigenvalue weighted by molar-refractivity contribution is -0.159. The molecule has 0 spiro atoms. The first-order valence-corrected chi connectivity index (χ1v) is 9.34. The van der Waals surface area contributed by atoms with Crippen LogP contribution in [0.2, 0.25) is 0 Å². The zero-order chi connectivity index (χ0) is 22.7. The minimum Gasteiger partial charge on any atom is -0.496 e. The first-order valence-electron chi connectivity index (χ1n) is 9.34. The lowest BCUT2D eigenvalue weighted by Gasteiger charge is -2.07. The molecule has 32 heavy (non-hydrogen) atoms. The zero-order valence-corrected chi connectivity index (χ0v) is 16.6. The van der Waals surface area contributed by atoms with Gasteiger partial charge in [0.25, 0.3) is 5.91 Å². The molecule has 0 fully saturated rings. The van der Waals surface area contributed by atoms with Crippen LogP contribution >= 0.6 is 0 Å². The van der Waals surface area contributed by atoms with Gasteiger partial charge in [0.1, 0.15) is 23.7 Å². The summed E-state index contributed by atoms with van der Waals surface area (Å²) in [6, 6.07) is 13.0. The second kappa shape index (κ2) is 8.61. The number of alkyl halides is 3. The van der Waals surface area contributed by atoms with Crippen molar-refractivity contribution in [2.24, 2.45) is 0 Å². The average molecular weight is 447 g/mol. The van der Waals surface area contributed by atoms with Crippen molar-refractivity contribution >= 4 is 16.9 Å². The van der Waals surface area contributed by atoms with E-state index in [1.54, 1.807) is 36.4 Å². The van der Waals surface area contributed by atoms with Gasteiger partial charge in [0.15, 0.2) is 5.76 Å². The number of furan rings is 1. The molecule has 1 N–H and O–H groups in total. The van der Waals surface area contributed by atoms with E-state index in [1.165, 1.54) is 19.2 Å². The zero-order valence-electron chi connectivity index (χ0n) is 16.6. The molecule has 11 heteroatoms. The van der Waals surface area contributed by atoms with Gasteiger partial charge in [-0.25, -0.2) is 0 Å². The summed E-state index contributed by atoms with van der Waals surface area (Å²) in [5.74, 6) is -0.791. The van der Waals surface area contributed by atoms with Gasteiger partial charge in [0.05, 0.1) is 19.0 Å². The van der Waals surface area contributed by atoms with E-state index >= 15 is 0 Å². The van der Waals surface area contributed by atoms with E-state index in [0.717, 1.165) is 0 Å². The highest BCUT2D eigenvalue weighted by Gasteiger charge is 2.38. The molecule has 1 amide bonds. The fourth-order valence-electron chi connectivity index (χ4n) is 2.90. The molecule has 0 aliphatic heterocycles. The van der Waals surface area contributed by atoms with Gasteiger partial charge in [-0.05, 0) is 36.4 Å². The van der Waals surface area contributed by atoms with Crippen LogP contribution < -0.4 is 14.8 Å². The number of carbonyl (C=O) groups excluding carboxylic acids is 1. The maximum atomic E-state index is 12.5. The highest BCUT2D eigenvalue weighted by Crippen LogP contribution is 2.30. The predicted molar refractivity (Wildman–Crippen MR) is 105 cm³/mol. The number of nitrogens with zero attached hydrogens (tertiary/aromatic N) is 2. The van der Waals surface area contributed by atoms with Crippen LogP contribution in [-0.4, -0.2) is 36.3 Å². The van der Waals surface area contributed by atoms with Crippen molar-refractivity contribution in [2.75, 3.05) is 20.3 Å². The minimum absolute atomic E-state index is 0.146. The van der Waals surface area contributed by atoms with E-state index in [9.17, 15) is 18.0 Å². The van der Waals surface area contributed by atoms with Gasteiger partial charge in [0, 0.05) is 11.6 Å². The lowest BCUT2D eigenvalue weighted by atomic mass is 10.2. The Morgan fingerprint density at radius 1 is 1.16 bits per heavy atom. The van der Waals surface area contributed by atoms with Gasteiger partial charge < -0.3 is 23.7 Å². The second-order valence-corrected chi connectivity index (χ2v) is 6.53. The van der Waals surface area contributed by atoms with Crippen LogP contribution in [0.4, 0.5) is 13.2 Å². The third kappa shape index (κ3) is 4.51. The molecular formula is C21H16F3N3O5. The molecule has 4 rings (SSSR count). The highest BCUT2D eigenvalue weighted by atomic mass is 19.4. The molecule has 166 valence electrons. The van der Waals surface area contributed by atoms with E-state index in [-0.39, 0.29) is 24.7 Å². The SMILES string of the molecule is COc1cccc2oc(C(=O)NCCOc3ccc(-c4noc(C(F)(F)F)n4)cc3)cc12. The van der Waals surface area contributed by atoms with Gasteiger partial charge >= 0.3 is 12.1 Å². The Bertz CT molecular complexity index is 1230. The number of hydrogen-bond acceptors (Lipinski definition) is 7. The summed E-state index contributed by atoms with van der Waals surface area (Å²) < 4.78 is 58.2. The molecular weight excluding hydrogens is 431 g/mol. The molecule has 0 bridgehead atoms. The number of aromatic nitrogens is 2. The molecule has 0 radical (unpaired) electrons. The van der Waals surface area contributed by atoms with Crippen molar-refractivity contribution in [3.05, 3.63) is 60.2 Å². The Kier molecular flexibility index (Phi) is 5.71. The summed E-state index contributed by atoms with van der Waals surface area (Å²) in [6.07, 6.45) is -4.70. The fraction of sp³-hybridized carbons (Fsp3) is 0.190. The number of rotatable bonds is 7. The van der Waals surface area contributed by atoms with E-state index < -0.39 is 18.0 Å². The topological polar surface area (TPSA) is 99.6 Å². The van der Waals surface area contributed by atoms with E-state index in [2.05, 4.69) is 20.0 Å². The van der Waals surface area contributed by atoms with E-state index in [0.29, 0.717) is 28.0 Å². The quantitative estimate of drug-likeness (QED) is 0.421. The van der Waals surface area contributed by atoms with Crippen molar-refractivity contribution in [1.29, 1.82) is 0 Å². The third-order valence-electron chi connectivity index (χ3n) is 4.40. The Labute approximate surface area is 178 Å². The van der Waals surface area contributed by atoms with Crippen LogP contribution in [-0.2, 0) is 6.18 Å². The Hall–Kier alpha value is -4.02. The molecule has 0 aliphatic rings. The summed E-state index contributed by atoms with van der Waals surface area (Å²) in [5, 5.41) is 6.70. The summed E-state index contributed by atoms with van der Waals surface area (Å²) in [5.41, 5.74) is 0.875. The standard InChI is InChI=1S/C21H16F3N3O5/c1-29-15-3-2-4-16-14(15)11-17(31-16)19(28)25-9-10-30-13-7-5-12(6-8-13)18-26-20(32-27-18)21(22,23)24/h2-8,11H,9-10H2,1H3,(H,25,28). The second-order valence-electron chi connectivity index (χ2n) is 6.53. The Morgan fingerprint density at radius 2 is 1.94 bits per heavy atom. The molecule has 0 aliphatic carbocycles. The van der Waals surface area contributed by atoms with Crippen molar-refractivity contribution < 1.29 is 36.4 Å².